The summed E-state index contributed by atoms with van der Waals surface area (Å²) in [5.74, 6) is -0.0809. The molecule has 0 bridgehead atoms. The summed E-state index contributed by atoms with van der Waals surface area (Å²) < 4.78 is 14.3. The van der Waals surface area contributed by atoms with Crippen LogP contribution in [0.25, 0.3) is 0 Å². The van der Waals surface area contributed by atoms with Gasteiger partial charge in [0, 0.05) is 18.6 Å². The zero-order valence-corrected chi connectivity index (χ0v) is 12.2. The lowest BCUT2D eigenvalue weighted by atomic mass is 10.0. The third kappa shape index (κ3) is 2.92. The number of para-hydroxylation sites is 1. The molecule has 106 valence electrons. The molecule has 2 unspecified atom stereocenters. The maximum Gasteiger partial charge on any atom is 0.146 e. The molecule has 1 saturated heterocycles. The molecule has 2 rings (SSSR count). The molecule has 1 aliphatic rings. The molecule has 0 aliphatic carbocycles. The second-order valence-corrected chi connectivity index (χ2v) is 5.35. The van der Waals surface area contributed by atoms with Gasteiger partial charge in [0.05, 0.1) is 5.69 Å². The normalized spacial score (nSPS) is 20.8. The van der Waals surface area contributed by atoms with Gasteiger partial charge in [-0.3, -0.25) is 0 Å². The first-order valence-corrected chi connectivity index (χ1v) is 7.47. The van der Waals surface area contributed by atoms with Crippen LogP contribution >= 0.6 is 0 Å². The number of nitrogens with one attached hydrogen (secondary N) is 1. The molecule has 1 aromatic rings. The van der Waals surface area contributed by atoms with E-state index < -0.39 is 0 Å². The van der Waals surface area contributed by atoms with Gasteiger partial charge >= 0.3 is 0 Å². The summed E-state index contributed by atoms with van der Waals surface area (Å²) in [6, 6.07) is 6.14. The Kier molecular flexibility index (Phi) is 4.81. The van der Waals surface area contributed by atoms with Gasteiger partial charge in [0.15, 0.2) is 0 Å². The zero-order valence-electron chi connectivity index (χ0n) is 12.2. The molecular weight excluding hydrogens is 239 g/mol. The monoisotopic (exact) mass is 264 g/mol. The Morgan fingerprint density at radius 3 is 2.89 bits per heavy atom. The average molecular weight is 264 g/mol. The van der Waals surface area contributed by atoms with Crippen LogP contribution in [0, 0.1) is 5.82 Å². The molecule has 0 radical (unpaired) electrons. The molecule has 1 aromatic carbocycles. The first-order valence-electron chi connectivity index (χ1n) is 7.47. The number of hydrogen-bond donors (Lipinski definition) is 1. The molecule has 2 atom stereocenters. The van der Waals surface area contributed by atoms with Gasteiger partial charge in [-0.05, 0) is 44.4 Å². The van der Waals surface area contributed by atoms with Crippen LogP contribution in [0.1, 0.15) is 51.6 Å². The highest BCUT2D eigenvalue weighted by molar-refractivity contribution is 5.57. The smallest absolute Gasteiger partial charge is 0.146 e. The second-order valence-electron chi connectivity index (χ2n) is 5.35. The molecule has 1 aliphatic heterocycles. The van der Waals surface area contributed by atoms with Gasteiger partial charge in [-0.15, -0.1) is 0 Å². The van der Waals surface area contributed by atoms with Gasteiger partial charge in [-0.25, -0.2) is 4.39 Å². The minimum absolute atomic E-state index is 0.0809. The highest BCUT2D eigenvalue weighted by atomic mass is 19.1. The fourth-order valence-electron chi connectivity index (χ4n) is 3.16. The van der Waals surface area contributed by atoms with Gasteiger partial charge < -0.3 is 10.2 Å². The molecule has 1 fully saturated rings. The fourth-order valence-corrected chi connectivity index (χ4v) is 3.16. The van der Waals surface area contributed by atoms with Crippen molar-refractivity contribution in [3.05, 3.63) is 29.6 Å². The van der Waals surface area contributed by atoms with Crippen molar-refractivity contribution in [1.82, 2.24) is 5.32 Å². The summed E-state index contributed by atoms with van der Waals surface area (Å²) in [5.41, 5.74) is 1.91. The first kappa shape index (κ1) is 14.3. The van der Waals surface area contributed by atoms with Crippen LogP contribution in [0.15, 0.2) is 18.2 Å². The van der Waals surface area contributed by atoms with E-state index in [1.165, 1.54) is 12.8 Å². The Hall–Kier alpha value is -1.09. The van der Waals surface area contributed by atoms with Crippen LogP contribution in [-0.4, -0.2) is 19.1 Å². The standard InChI is InChI=1S/C16H25FN2/c1-4-13-8-7-11-19(13)16-14(12(3)18-5-2)9-6-10-15(16)17/h6,9-10,12-13,18H,4-5,7-8,11H2,1-3H3. The summed E-state index contributed by atoms with van der Waals surface area (Å²) >= 11 is 0. The van der Waals surface area contributed by atoms with E-state index in [-0.39, 0.29) is 11.9 Å². The quantitative estimate of drug-likeness (QED) is 0.868. The van der Waals surface area contributed by atoms with Gasteiger partial charge in [-0.1, -0.05) is 26.0 Å². The highest BCUT2D eigenvalue weighted by Gasteiger charge is 2.28. The Labute approximate surface area is 116 Å². The van der Waals surface area contributed by atoms with Gasteiger partial charge in [0.2, 0.25) is 0 Å². The summed E-state index contributed by atoms with van der Waals surface area (Å²) in [7, 11) is 0. The second kappa shape index (κ2) is 6.38. The van der Waals surface area contributed by atoms with Crippen molar-refractivity contribution in [3.63, 3.8) is 0 Å². The van der Waals surface area contributed by atoms with Crippen molar-refractivity contribution >= 4 is 5.69 Å². The third-order valence-electron chi connectivity index (χ3n) is 4.13. The van der Waals surface area contributed by atoms with E-state index in [1.807, 2.05) is 6.07 Å². The van der Waals surface area contributed by atoms with E-state index in [0.29, 0.717) is 6.04 Å². The Morgan fingerprint density at radius 1 is 1.42 bits per heavy atom. The highest BCUT2D eigenvalue weighted by Crippen LogP contribution is 2.35. The number of hydrogen-bond acceptors (Lipinski definition) is 2. The Morgan fingerprint density at radius 2 is 2.21 bits per heavy atom. The van der Waals surface area contributed by atoms with E-state index in [0.717, 1.165) is 30.8 Å². The van der Waals surface area contributed by atoms with E-state index in [1.54, 1.807) is 6.07 Å². The first-order chi connectivity index (χ1) is 9.19. The lowest BCUT2D eigenvalue weighted by Crippen LogP contribution is -2.31. The van der Waals surface area contributed by atoms with Gasteiger partial charge in [0.1, 0.15) is 5.82 Å². The minimum atomic E-state index is -0.0809. The topological polar surface area (TPSA) is 15.3 Å². The third-order valence-corrected chi connectivity index (χ3v) is 4.13. The van der Waals surface area contributed by atoms with Gasteiger partial charge in [0.25, 0.3) is 0 Å². The van der Waals surface area contributed by atoms with Crippen molar-refractivity contribution in [2.24, 2.45) is 0 Å². The lowest BCUT2D eigenvalue weighted by molar-refractivity contribution is 0.566. The molecule has 1 N–H and O–H groups in total. The Balaban J connectivity index is 2.37. The van der Waals surface area contributed by atoms with Crippen molar-refractivity contribution in [2.75, 3.05) is 18.0 Å². The predicted molar refractivity (Wildman–Crippen MR) is 79.2 cm³/mol. The summed E-state index contributed by atoms with van der Waals surface area (Å²) in [5, 5.41) is 3.39. The molecule has 0 saturated carbocycles. The van der Waals surface area contributed by atoms with Crippen LogP contribution in [0.2, 0.25) is 0 Å². The SMILES string of the molecule is CCNC(C)c1cccc(F)c1N1CCCC1CC. The summed E-state index contributed by atoms with van der Waals surface area (Å²) in [4.78, 5) is 2.28. The molecule has 0 aromatic heterocycles. The van der Waals surface area contributed by atoms with E-state index in [9.17, 15) is 4.39 Å². The fraction of sp³-hybridized carbons (Fsp3) is 0.625. The van der Waals surface area contributed by atoms with E-state index in [4.69, 9.17) is 0 Å². The van der Waals surface area contributed by atoms with Gasteiger partial charge in [-0.2, -0.15) is 0 Å². The van der Waals surface area contributed by atoms with Crippen molar-refractivity contribution in [1.29, 1.82) is 0 Å². The molecule has 3 heteroatoms. The van der Waals surface area contributed by atoms with Crippen molar-refractivity contribution in [3.8, 4) is 0 Å². The summed E-state index contributed by atoms with van der Waals surface area (Å²) in [6.45, 7) is 8.26. The Bertz CT molecular complexity index is 419. The molecule has 0 spiro atoms. The molecule has 2 nitrogen and oxygen atoms in total. The number of halogens is 1. The van der Waals surface area contributed by atoms with E-state index >= 15 is 0 Å². The maximum absolute atomic E-state index is 14.3. The largest absolute Gasteiger partial charge is 0.366 e. The number of benzene rings is 1. The van der Waals surface area contributed by atoms with Crippen LogP contribution in [0.5, 0.6) is 0 Å². The van der Waals surface area contributed by atoms with Crippen LogP contribution < -0.4 is 10.2 Å². The molecule has 19 heavy (non-hydrogen) atoms. The van der Waals surface area contributed by atoms with Crippen LogP contribution in [0.4, 0.5) is 10.1 Å². The molecule has 1 heterocycles. The van der Waals surface area contributed by atoms with Crippen LogP contribution in [-0.2, 0) is 0 Å². The maximum atomic E-state index is 14.3. The molecular formula is C16H25FN2. The van der Waals surface area contributed by atoms with Crippen molar-refractivity contribution in [2.45, 2.75) is 52.1 Å². The zero-order chi connectivity index (χ0) is 13.8. The number of rotatable bonds is 5. The average Bonchev–Trinajstić information content (AvgIpc) is 2.86. The summed E-state index contributed by atoms with van der Waals surface area (Å²) in [6.07, 6.45) is 3.44. The van der Waals surface area contributed by atoms with E-state index in [2.05, 4.69) is 37.1 Å². The van der Waals surface area contributed by atoms with Crippen molar-refractivity contribution < 1.29 is 4.39 Å². The lowest BCUT2D eigenvalue weighted by Gasteiger charge is -2.30. The number of anilines is 1. The minimum Gasteiger partial charge on any atom is -0.366 e. The number of nitrogens with zero attached hydrogens (tertiary/aromatic N) is 1. The predicted octanol–water partition coefficient (Wildman–Crippen LogP) is 3.88. The van der Waals surface area contributed by atoms with Crippen LogP contribution in [0.3, 0.4) is 0 Å². The molecule has 0 amide bonds.